The van der Waals surface area contributed by atoms with E-state index in [9.17, 15) is 9.59 Å². The van der Waals surface area contributed by atoms with Crippen LogP contribution in [0.4, 0.5) is 0 Å². The Bertz CT molecular complexity index is 912. The van der Waals surface area contributed by atoms with Gasteiger partial charge in [0, 0.05) is 4.88 Å². The number of aromatic nitrogens is 2. The fraction of sp³-hybridized carbons (Fsp3) is 0.188. The summed E-state index contributed by atoms with van der Waals surface area (Å²) in [6.45, 7) is 3.32. The van der Waals surface area contributed by atoms with Gasteiger partial charge >= 0.3 is 0 Å². The normalized spacial score (nSPS) is 12.5. The lowest BCUT2D eigenvalue weighted by Crippen LogP contribution is -2.33. The van der Waals surface area contributed by atoms with E-state index >= 15 is 0 Å². The molecule has 0 saturated heterocycles. The van der Waals surface area contributed by atoms with Gasteiger partial charge in [0.15, 0.2) is 0 Å². The minimum absolute atomic E-state index is 0.229. The number of carbonyl (C=O) groups excluding carboxylic acids is 1. The molecule has 3 aromatic rings. The van der Waals surface area contributed by atoms with E-state index in [4.69, 9.17) is 5.73 Å². The Labute approximate surface area is 131 Å². The Morgan fingerprint density at radius 3 is 2.64 bits per heavy atom. The molecule has 1 atom stereocenters. The smallest absolute Gasteiger partial charge is 0.263 e. The highest BCUT2D eigenvalue weighted by molar-refractivity contribution is 7.21. The standard InChI is InChI=1S/C16H15N3O2S/c1-9(14(17)20)19-10(2)18-15-12(16(19)21)8-13(22-15)11-6-4-3-5-7-11/h3-9H,1-2H3,(H2,17,20). The molecule has 0 aliphatic rings. The number of benzene rings is 1. The van der Waals surface area contributed by atoms with Gasteiger partial charge in [-0.2, -0.15) is 0 Å². The van der Waals surface area contributed by atoms with Crippen molar-refractivity contribution in [2.24, 2.45) is 5.73 Å². The van der Waals surface area contributed by atoms with Crippen LogP contribution in [0.25, 0.3) is 20.7 Å². The van der Waals surface area contributed by atoms with Crippen LogP contribution in [0.2, 0.25) is 0 Å². The summed E-state index contributed by atoms with van der Waals surface area (Å²) in [6.07, 6.45) is 0. The number of hydrogen-bond acceptors (Lipinski definition) is 4. The molecule has 1 unspecified atom stereocenters. The molecule has 5 nitrogen and oxygen atoms in total. The molecule has 0 aliphatic heterocycles. The molecule has 2 aromatic heterocycles. The molecule has 0 fully saturated rings. The quantitative estimate of drug-likeness (QED) is 0.807. The maximum atomic E-state index is 12.7. The van der Waals surface area contributed by atoms with Crippen LogP contribution in [0.5, 0.6) is 0 Å². The number of aryl methyl sites for hydroxylation is 1. The highest BCUT2D eigenvalue weighted by Crippen LogP contribution is 2.31. The van der Waals surface area contributed by atoms with Crippen molar-refractivity contribution < 1.29 is 4.79 Å². The van der Waals surface area contributed by atoms with E-state index in [0.29, 0.717) is 16.0 Å². The second kappa shape index (κ2) is 5.38. The molecule has 22 heavy (non-hydrogen) atoms. The van der Waals surface area contributed by atoms with Crippen LogP contribution in [0.1, 0.15) is 18.8 Å². The fourth-order valence-corrected chi connectivity index (χ4v) is 3.50. The minimum Gasteiger partial charge on any atom is -0.368 e. The number of nitrogens with two attached hydrogens (primary N) is 1. The maximum absolute atomic E-state index is 12.7. The molecular weight excluding hydrogens is 298 g/mol. The zero-order valence-electron chi connectivity index (χ0n) is 12.2. The highest BCUT2D eigenvalue weighted by Gasteiger charge is 2.19. The molecule has 1 aromatic carbocycles. The van der Waals surface area contributed by atoms with Crippen LogP contribution < -0.4 is 11.3 Å². The fourth-order valence-electron chi connectivity index (χ4n) is 2.42. The van der Waals surface area contributed by atoms with Gasteiger partial charge in [-0.05, 0) is 25.5 Å². The van der Waals surface area contributed by atoms with Gasteiger partial charge in [-0.15, -0.1) is 11.3 Å². The van der Waals surface area contributed by atoms with Gasteiger partial charge in [0.25, 0.3) is 5.56 Å². The lowest BCUT2D eigenvalue weighted by atomic mass is 10.2. The topological polar surface area (TPSA) is 78.0 Å². The summed E-state index contributed by atoms with van der Waals surface area (Å²) in [4.78, 5) is 30.2. The summed E-state index contributed by atoms with van der Waals surface area (Å²) >= 11 is 1.47. The first-order valence-corrected chi connectivity index (χ1v) is 7.68. The first kappa shape index (κ1) is 14.5. The summed E-state index contributed by atoms with van der Waals surface area (Å²) in [5, 5.41) is 0.516. The van der Waals surface area contributed by atoms with Crippen LogP contribution in [-0.4, -0.2) is 15.5 Å². The summed E-state index contributed by atoms with van der Waals surface area (Å²) < 4.78 is 1.35. The van der Waals surface area contributed by atoms with Crippen LogP contribution in [0, 0.1) is 6.92 Å². The number of hydrogen-bond donors (Lipinski definition) is 1. The SMILES string of the molecule is Cc1nc2sc(-c3ccccc3)cc2c(=O)n1C(C)C(N)=O. The van der Waals surface area contributed by atoms with E-state index in [1.807, 2.05) is 36.4 Å². The van der Waals surface area contributed by atoms with Crippen LogP contribution in [0.15, 0.2) is 41.2 Å². The lowest BCUT2D eigenvalue weighted by Gasteiger charge is -2.13. The Balaban J connectivity index is 2.24. The molecule has 0 bridgehead atoms. The number of carbonyl (C=O) groups is 1. The van der Waals surface area contributed by atoms with Crippen molar-refractivity contribution in [3.63, 3.8) is 0 Å². The third-order valence-corrected chi connectivity index (χ3v) is 4.71. The summed E-state index contributed by atoms with van der Waals surface area (Å²) in [5.74, 6) is -0.0601. The van der Waals surface area contributed by atoms with Crippen LogP contribution >= 0.6 is 11.3 Å². The molecule has 6 heteroatoms. The molecular formula is C16H15N3O2S. The second-order valence-electron chi connectivity index (χ2n) is 5.11. The van der Waals surface area contributed by atoms with E-state index in [0.717, 1.165) is 10.4 Å². The van der Waals surface area contributed by atoms with Gasteiger partial charge in [0.1, 0.15) is 16.7 Å². The molecule has 0 aliphatic carbocycles. The predicted octanol–water partition coefficient (Wildman–Crippen LogP) is 2.48. The number of primary amides is 1. The molecule has 112 valence electrons. The Hall–Kier alpha value is -2.47. The van der Waals surface area contributed by atoms with Crippen molar-refractivity contribution in [3.05, 3.63) is 52.6 Å². The summed E-state index contributed by atoms with van der Waals surface area (Å²) in [6, 6.07) is 10.9. The van der Waals surface area contributed by atoms with Gasteiger partial charge in [-0.25, -0.2) is 4.98 Å². The Morgan fingerprint density at radius 1 is 1.32 bits per heavy atom. The minimum atomic E-state index is -0.718. The van der Waals surface area contributed by atoms with Gasteiger partial charge in [0.2, 0.25) is 5.91 Å². The number of thiophene rings is 1. The van der Waals surface area contributed by atoms with Crippen molar-refractivity contribution >= 4 is 27.5 Å². The monoisotopic (exact) mass is 313 g/mol. The van der Waals surface area contributed by atoms with Gasteiger partial charge in [-0.3, -0.25) is 14.2 Å². The van der Waals surface area contributed by atoms with Crippen LogP contribution in [-0.2, 0) is 4.79 Å². The zero-order chi connectivity index (χ0) is 15.9. The number of nitrogens with zero attached hydrogens (tertiary/aromatic N) is 2. The predicted molar refractivity (Wildman–Crippen MR) is 88.0 cm³/mol. The summed E-state index contributed by atoms with van der Waals surface area (Å²) in [5.41, 5.74) is 6.13. The Morgan fingerprint density at radius 2 is 2.00 bits per heavy atom. The molecule has 0 saturated carbocycles. The third kappa shape index (κ3) is 2.31. The van der Waals surface area contributed by atoms with Crippen molar-refractivity contribution in [1.82, 2.24) is 9.55 Å². The highest BCUT2D eigenvalue weighted by atomic mass is 32.1. The molecule has 1 amide bonds. The van der Waals surface area contributed by atoms with Gasteiger partial charge in [-0.1, -0.05) is 30.3 Å². The first-order chi connectivity index (χ1) is 10.5. The maximum Gasteiger partial charge on any atom is 0.263 e. The zero-order valence-corrected chi connectivity index (χ0v) is 13.1. The Kier molecular flexibility index (Phi) is 3.54. The molecule has 2 heterocycles. The van der Waals surface area contributed by atoms with Crippen molar-refractivity contribution in [3.8, 4) is 10.4 Å². The lowest BCUT2D eigenvalue weighted by molar-refractivity contribution is -0.120. The first-order valence-electron chi connectivity index (χ1n) is 6.86. The average Bonchev–Trinajstić information content (AvgIpc) is 2.92. The molecule has 0 radical (unpaired) electrons. The van der Waals surface area contributed by atoms with Crippen molar-refractivity contribution in [2.45, 2.75) is 19.9 Å². The molecule has 3 rings (SSSR count). The van der Waals surface area contributed by atoms with E-state index in [1.54, 1.807) is 13.8 Å². The van der Waals surface area contributed by atoms with Crippen molar-refractivity contribution in [2.75, 3.05) is 0 Å². The van der Waals surface area contributed by atoms with E-state index in [1.165, 1.54) is 15.9 Å². The van der Waals surface area contributed by atoms with E-state index in [-0.39, 0.29) is 5.56 Å². The molecule has 2 N–H and O–H groups in total. The van der Waals surface area contributed by atoms with Gasteiger partial charge < -0.3 is 5.73 Å². The van der Waals surface area contributed by atoms with Gasteiger partial charge in [0.05, 0.1) is 5.39 Å². The van der Waals surface area contributed by atoms with Crippen molar-refractivity contribution in [1.29, 1.82) is 0 Å². The third-order valence-electron chi connectivity index (χ3n) is 3.63. The second-order valence-corrected chi connectivity index (χ2v) is 6.14. The molecule has 0 spiro atoms. The number of fused-ring (bicyclic) bond motifs is 1. The van der Waals surface area contributed by atoms with E-state index < -0.39 is 11.9 Å². The average molecular weight is 313 g/mol. The number of amides is 1. The largest absolute Gasteiger partial charge is 0.368 e. The summed E-state index contributed by atoms with van der Waals surface area (Å²) in [7, 11) is 0. The van der Waals surface area contributed by atoms with Crippen LogP contribution in [0.3, 0.4) is 0 Å². The number of rotatable bonds is 3. The van der Waals surface area contributed by atoms with E-state index in [2.05, 4.69) is 4.98 Å².